The first-order valence-corrected chi connectivity index (χ1v) is 5.49. The summed E-state index contributed by atoms with van der Waals surface area (Å²) in [6.45, 7) is 4.21. The van der Waals surface area contributed by atoms with Crippen LogP contribution in [0.25, 0.3) is 0 Å². The van der Waals surface area contributed by atoms with Crippen molar-refractivity contribution in [1.29, 1.82) is 0 Å². The summed E-state index contributed by atoms with van der Waals surface area (Å²) >= 11 is 0. The van der Waals surface area contributed by atoms with Crippen molar-refractivity contribution in [2.24, 2.45) is 0 Å². The predicted octanol–water partition coefficient (Wildman–Crippen LogP) is 2.81. The molecule has 1 aliphatic heterocycles. The summed E-state index contributed by atoms with van der Waals surface area (Å²) in [4.78, 5) is 0. The van der Waals surface area contributed by atoms with Crippen LogP contribution < -0.4 is 14.2 Å². The van der Waals surface area contributed by atoms with Crippen molar-refractivity contribution in [3.8, 4) is 17.2 Å². The molecule has 0 bridgehead atoms. The summed E-state index contributed by atoms with van der Waals surface area (Å²) in [6, 6.07) is 3.92. The fraction of sp³-hybridized carbons (Fsp3) is 0.538. The van der Waals surface area contributed by atoms with Crippen LogP contribution >= 0.6 is 0 Å². The van der Waals surface area contributed by atoms with Crippen LogP contribution in [0.15, 0.2) is 12.1 Å². The number of fused-ring (bicyclic) bond motifs is 1. The molecule has 3 nitrogen and oxygen atoms in total. The molecule has 1 aliphatic rings. The van der Waals surface area contributed by atoms with Gasteiger partial charge in [0.15, 0.2) is 11.5 Å². The summed E-state index contributed by atoms with van der Waals surface area (Å²) in [5, 5.41) is 0. The first-order chi connectivity index (χ1) is 7.55. The second kappa shape index (κ2) is 3.89. The molecule has 0 saturated heterocycles. The Morgan fingerprint density at radius 3 is 2.38 bits per heavy atom. The highest BCUT2D eigenvalue weighted by Crippen LogP contribution is 2.40. The number of aryl methyl sites for hydroxylation is 1. The standard InChI is InChI=1S/C13H18O3/c1-13(2)6-5-9-7-11(14-3)12(15-4)8-10(9)16-13/h7-8H,5-6H2,1-4H3. The molecular weight excluding hydrogens is 204 g/mol. The van der Waals surface area contributed by atoms with Gasteiger partial charge in [-0.25, -0.2) is 0 Å². The summed E-state index contributed by atoms with van der Waals surface area (Å²) in [5.74, 6) is 2.40. The van der Waals surface area contributed by atoms with Crippen LogP contribution in [0.1, 0.15) is 25.8 Å². The van der Waals surface area contributed by atoms with Gasteiger partial charge in [0.05, 0.1) is 14.2 Å². The van der Waals surface area contributed by atoms with Crippen LogP contribution in [-0.4, -0.2) is 19.8 Å². The third-order valence-electron chi connectivity index (χ3n) is 2.95. The van der Waals surface area contributed by atoms with E-state index in [4.69, 9.17) is 14.2 Å². The summed E-state index contributed by atoms with van der Waals surface area (Å²) < 4.78 is 16.5. The highest BCUT2D eigenvalue weighted by molar-refractivity contribution is 5.51. The fourth-order valence-electron chi connectivity index (χ4n) is 1.98. The molecular formula is C13H18O3. The van der Waals surface area contributed by atoms with E-state index in [9.17, 15) is 0 Å². The van der Waals surface area contributed by atoms with Gasteiger partial charge in [-0.2, -0.15) is 0 Å². The minimum atomic E-state index is -0.0907. The van der Waals surface area contributed by atoms with Gasteiger partial charge in [0.2, 0.25) is 0 Å². The lowest BCUT2D eigenvalue weighted by atomic mass is 9.94. The topological polar surface area (TPSA) is 27.7 Å². The van der Waals surface area contributed by atoms with Crippen molar-refractivity contribution in [1.82, 2.24) is 0 Å². The van der Waals surface area contributed by atoms with Gasteiger partial charge in [0, 0.05) is 6.07 Å². The van der Waals surface area contributed by atoms with Gasteiger partial charge in [-0.1, -0.05) is 0 Å². The highest BCUT2D eigenvalue weighted by atomic mass is 16.5. The molecule has 3 heteroatoms. The number of hydrogen-bond acceptors (Lipinski definition) is 3. The molecule has 0 aromatic heterocycles. The van der Waals surface area contributed by atoms with Crippen LogP contribution in [0.5, 0.6) is 17.2 Å². The number of methoxy groups -OCH3 is 2. The number of rotatable bonds is 2. The van der Waals surface area contributed by atoms with E-state index in [1.165, 1.54) is 5.56 Å². The molecule has 1 heterocycles. The Bertz CT molecular complexity index is 396. The molecule has 88 valence electrons. The van der Waals surface area contributed by atoms with E-state index < -0.39 is 0 Å². The van der Waals surface area contributed by atoms with Crippen LogP contribution in [0.4, 0.5) is 0 Å². The zero-order chi connectivity index (χ0) is 11.8. The Labute approximate surface area is 96.3 Å². The van der Waals surface area contributed by atoms with E-state index in [0.717, 1.165) is 30.1 Å². The van der Waals surface area contributed by atoms with E-state index in [2.05, 4.69) is 13.8 Å². The van der Waals surface area contributed by atoms with Gasteiger partial charge in [-0.05, 0) is 38.3 Å². The molecule has 1 aromatic rings. The minimum absolute atomic E-state index is 0.0907. The van der Waals surface area contributed by atoms with E-state index in [1.54, 1.807) is 14.2 Å². The zero-order valence-electron chi connectivity index (χ0n) is 10.3. The predicted molar refractivity (Wildman–Crippen MR) is 62.6 cm³/mol. The monoisotopic (exact) mass is 222 g/mol. The van der Waals surface area contributed by atoms with Crippen molar-refractivity contribution in [3.63, 3.8) is 0 Å². The smallest absolute Gasteiger partial charge is 0.164 e. The van der Waals surface area contributed by atoms with Crippen LogP contribution in [0.3, 0.4) is 0 Å². The van der Waals surface area contributed by atoms with Gasteiger partial charge in [0.1, 0.15) is 11.4 Å². The molecule has 0 N–H and O–H groups in total. The number of hydrogen-bond donors (Lipinski definition) is 0. The van der Waals surface area contributed by atoms with Crippen molar-refractivity contribution in [3.05, 3.63) is 17.7 Å². The largest absolute Gasteiger partial charge is 0.493 e. The molecule has 0 fully saturated rings. The Kier molecular flexibility index (Phi) is 2.70. The SMILES string of the molecule is COc1cc2c(cc1OC)OC(C)(C)CC2. The molecule has 0 saturated carbocycles. The quantitative estimate of drug-likeness (QED) is 0.770. The third-order valence-corrected chi connectivity index (χ3v) is 2.95. The van der Waals surface area contributed by atoms with Gasteiger partial charge < -0.3 is 14.2 Å². The Balaban J connectivity index is 2.42. The molecule has 0 radical (unpaired) electrons. The number of ether oxygens (including phenoxy) is 3. The average Bonchev–Trinajstić information content (AvgIpc) is 2.26. The Morgan fingerprint density at radius 1 is 1.12 bits per heavy atom. The van der Waals surface area contributed by atoms with Crippen LogP contribution in [-0.2, 0) is 6.42 Å². The van der Waals surface area contributed by atoms with Gasteiger partial charge in [-0.3, -0.25) is 0 Å². The van der Waals surface area contributed by atoms with Crippen molar-refractivity contribution in [2.45, 2.75) is 32.3 Å². The maximum absolute atomic E-state index is 5.93. The maximum Gasteiger partial charge on any atom is 0.164 e. The molecule has 0 unspecified atom stereocenters. The molecule has 2 rings (SSSR count). The number of benzene rings is 1. The van der Waals surface area contributed by atoms with Crippen LogP contribution in [0, 0.1) is 0 Å². The second-order valence-electron chi connectivity index (χ2n) is 4.68. The second-order valence-corrected chi connectivity index (χ2v) is 4.68. The van der Waals surface area contributed by atoms with Crippen molar-refractivity contribution >= 4 is 0 Å². The van der Waals surface area contributed by atoms with E-state index in [0.29, 0.717) is 0 Å². The van der Waals surface area contributed by atoms with E-state index in [1.807, 2.05) is 12.1 Å². The van der Waals surface area contributed by atoms with E-state index in [-0.39, 0.29) is 5.60 Å². The molecule has 0 amide bonds. The van der Waals surface area contributed by atoms with Crippen LogP contribution in [0.2, 0.25) is 0 Å². The molecule has 1 aromatic carbocycles. The lowest BCUT2D eigenvalue weighted by Gasteiger charge is -2.33. The van der Waals surface area contributed by atoms with Gasteiger partial charge in [-0.15, -0.1) is 0 Å². The Hall–Kier alpha value is -1.38. The fourth-order valence-corrected chi connectivity index (χ4v) is 1.98. The van der Waals surface area contributed by atoms with Gasteiger partial charge in [0.25, 0.3) is 0 Å². The average molecular weight is 222 g/mol. The summed E-state index contributed by atoms with van der Waals surface area (Å²) in [5.41, 5.74) is 1.10. The molecule has 0 atom stereocenters. The van der Waals surface area contributed by atoms with Crippen molar-refractivity contribution in [2.75, 3.05) is 14.2 Å². The highest BCUT2D eigenvalue weighted by Gasteiger charge is 2.27. The third kappa shape index (κ3) is 1.94. The first-order valence-electron chi connectivity index (χ1n) is 5.49. The Morgan fingerprint density at radius 2 is 1.75 bits per heavy atom. The molecule has 0 aliphatic carbocycles. The maximum atomic E-state index is 5.93. The first kappa shape index (κ1) is 11.1. The normalized spacial score (nSPS) is 17.2. The zero-order valence-corrected chi connectivity index (χ0v) is 10.3. The summed E-state index contributed by atoms with van der Waals surface area (Å²) in [7, 11) is 3.29. The van der Waals surface area contributed by atoms with Gasteiger partial charge >= 0.3 is 0 Å². The van der Waals surface area contributed by atoms with E-state index >= 15 is 0 Å². The minimum Gasteiger partial charge on any atom is -0.493 e. The van der Waals surface area contributed by atoms with Crippen molar-refractivity contribution < 1.29 is 14.2 Å². The molecule has 0 spiro atoms. The lowest BCUT2D eigenvalue weighted by Crippen LogP contribution is -2.32. The lowest BCUT2D eigenvalue weighted by molar-refractivity contribution is 0.0841. The summed E-state index contributed by atoms with van der Waals surface area (Å²) in [6.07, 6.45) is 2.04. The molecule has 16 heavy (non-hydrogen) atoms.